The van der Waals surface area contributed by atoms with E-state index in [1.54, 1.807) is 6.07 Å². The van der Waals surface area contributed by atoms with Crippen molar-refractivity contribution in [3.63, 3.8) is 0 Å². The third-order valence-electron chi connectivity index (χ3n) is 6.16. The standard InChI is InChI=1S/C20H28N2O2/c1-11-4-9-16(23)20-17(11)18-14(12(2)22-10-13-5-6-13)7-8-15(21-3)19(18)24-20/h4,9,13-15,18-19,21,23H,5-8,10H2,1-3H3. The van der Waals surface area contributed by atoms with Crippen molar-refractivity contribution in [2.75, 3.05) is 13.6 Å². The van der Waals surface area contributed by atoms with E-state index in [1.165, 1.54) is 29.7 Å². The van der Waals surface area contributed by atoms with Crippen molar-refractivity contribution < 1.29 is 9.84 Å². The monoisotopic (exact) mass is 328 g/mol. The Hall–Kier alpha value is -1.55. The molecule has 4 heteroatoms. The maximum atomic E-state index is 10.3. The van der Waals surface area contributed by atoms with Crippen LogP contribution in [0.4, 0.5) is 0 Å². The molecule has 3 aliphatic rings. The molecule has 0 radical (unpaired) electrons. The van der Waals surface area contributed by atoms with Crippen molar-refractivity contribution in [2.24, 2.45) is 16.8 Å². The second-order valence-corrected chi connectivity index (χ2v) is 7.76. The van der Waals surface area contributed by atoms with Gasteiger partial charge in [-0.25, -0.2) is 0 Å². The summed E-state index contributed by atoms with van der Waals surface area (Å²) < 4.78 is 6.28. The Bertz CT molecular complexity index is 666. The van der Waals surface area contributed by atoms with Crippen LogP contribution >= 0.6 is 0 Å². The molecule has 2 saturated carbocycles. The minimum Gasteiger partial charge on any atom is -0.504 e. The van der Waals surface area contributed by atoms with Crippen LogP contribution in [0.1, 0.15) is 49.7 Å². The molecule has 1 aromatic rings. The van der Waals surface area contributed by atoms with Crippen molar-refractivity contribution in [2.45, 2.75) is 57.6 Å². The van der Waals surface area contributed by atoms with Gasteiger partial charge in [0.2, 0.25) is 0 Å². The quantitative estimate of drug-likeness (QED) is 0.833. The molecule has 4 atom stereocenters. The normalized spacial score (nSPS) is 32.2. The zero-order valence-electron chi connectivity index (χ0n) is 14.9. The molecule has 0 saturated heterocycles. The van der Waals surface area contributed by atoms with Crippen molar-refractivity contribution in [1.82, 2.24) is 5.32 Å². The second-order valence-electron chi connectivity index (χ2n) is 7.76. The van der Waals surface area contributed by atoms with Gasteiger partial charge in [-0.1, -0.05) is 6.07 Å². The van der Waals surface area contributed by atoms with E-state index in [2.05, 4.69) is 19.2 Å². The predicted molar refractivity (Wildman–Crippen MR) is 96.3 cm³/mol. The van der Waals surface area contributed by atoms with E-state index in [9.17, 15) is 5.11 Å². The number of rotatable bonds is 4. The zero-order chi connectivity index (χ0) is 16.8. The van der Waals surface area contributed by atoms with Gasteiger partial charge in [0.15, 0.2) is 11.5 Å². The van der Waals surface area contributed by atoms with Gasteiger partial charge < -0.3 is 15.2 Å². The van der Waals surface area contributed by atoms with E-state index in [0.29, 0.717) is 23.6 Å². The highest BCUT2D eigenvalue weighted by atomic mass is 16.5. The molecule has 4 nitrogen and oxygen atoms in total. The highest BCUT2D eigenvalue weighted by Gasteiger charge is 2.49. The maximum absolute atomic E-state index is 10.3. The minimum atomic E-state index is 0.0850. The van der Waals surface area contributed by atoms with E-state index >= 15 is 0 Å². The molecule has 2 fully saturated rings. The number of hydrogen-bond donors (Lipinski definition) is 2. The van der Waals surface area contributed by atoms with Crippen LogP contribution < -0.4 is 10.1 Å². The van der Waals surface area contributed by atoms with E-state index in [0.717, 1.165) is 25.3 Å². The molecule has 0 bridgehead atoms. The zero-order valence-corrected chi connectivity index (χ0v) is 14.9. The number of fused-ring (bicyclic) bond motifs is 3. The molecular weight excluding hydrogens is 300 g/mol. The molecule has 24 heavy (non-hydrogen) atoms. The van der Waals surface area contributed by atoms with Crippen molar-refractivity contribution >= 4 is 5.71 Å². The minimum absolute atomic E-state index is 0.0850. The summed E-state index contributed by atoms with van der Waals surface area (Å²) >= 11 is 0. The van der Waals surface area contributed by atoms with Crippen molar-refractivity contribution in [1.29, 1.82) is 0 Å². The van der Waals surface area contributed by atoms with Crippen LogP contribution in [0.2, 0.25) is 0 Å². The third-order valence-corrected chi connectivity index (χ3v) is 6.16. The number of aryl methyl sites for hydroxylation is 1. The molecule has 2 aliphatic carbocycles. The van der Waals surface area contributed by atoms with Gasteiger partial charge in [-0.05, 0) is 64.1 Å². The summed E-state index contributed by atoms with van der Waals surface area (Å²) in [6.07, 6.45) is 4.99. The first-order valence-electron chi connectivity index (χ1n) is 9.27. The van der Waals surface area contributed by atoms with Gasteiger partial charge in [0, 0.05) is 35.7 Å². The topological polar surface area (TPSA) is 53.9 Å². The molecule has 0 spiro atoms. The van der Waals surface area contributed by atoms with Gasteiger partial charge in [-0.3, -0.25) is 4.99 Å². The van der Waals surface area contributed by atoms with Crippen LogP contribution in [0, 0.1) is 18.8 Å². The molecule has 4 unspecified atom stereocenters. The lowest BCUT2D eigenvalue weighted by Gasteiger charge is -2.38. The summed E-state index contributed by atoms with van der Waals surface area (Å²) in [5.41, 5.74) is 3.68. The largest absolute Gasteiger partial charge is 0.504 e. The molecule has 0 amide bonds. The summed E-state index contributed by atoms with van der Waals surface area (Å²) in [6.45, 7) is 5.31. The van der Waals surface area contributed by atoms with Gasteiger partial charge in [0.05, 0.1) is 0 Å². The molecule has 0 aromatic heterocycles. The summed E-state index contributed by atoms with van der Waals surface area (Å²) in [4.78, 5) is 4.92. The number of ether oxygens (including phenoxy) is 1. The van der Waals surface area contributed by atoms with Crippen LogP contribution in [0.5, 0.6) is 11.5 Å². The number of benzene rings is 1. The Morgan fingerprint density at radius 3 is 2.79 bits per heavy atom. The van der Waals surface area contributed by atoms with Crippen LogP contribution in [-0.4, -0.2) is 36.6 Å². The van der Waals surface area contributed by atoms with Gasteiger partial charge in [-0.2, -0.15) is 0 Å². The first-order valence-corrected chi connectivity index (χ1v) is 9.27. The Morgan fingerprint density at radius 1 is 1.29 bits per heavy atom. The average Bonchev–Trinajstić information content (AvgIpc) is 3.32. The Labute approximate surface area is 144 Å². The lowest BCUT2D eigenvalue weighted by Crippen LogP contribution is -2.49. The number of aromatic hydroxyl groups is 1. The number of likely N-dealkylation sites (N-methyl/N-ethyl adjacent to an activating group) is 1. The molecule has 2 N–H and O–H groups in total. The SMILES string of the molecule is CNC1CCC(C(C)=NCC2CC2)C2c3c(C)ccc(O)c3OC12. The first-order chi connectivity index (χ1) is 11.6. The molecule has 130 valence electrons. The average molecular weight is 328 g/mol. The van der Waals surface area contributed by atoms with E-state index < -0.39 is 0 Å². The summed E-state index contributed by atoms with van der Waals surface area (Å²) in [7, 11) is 2.01. The number of hydrogen-bond acceptors (Lipinski definition) is 4. The number of nitrogens with zero attached hydrogens (tertiary/aromatic N) is 1. The summed E-state index contributed by atoms with van der Waals surface area (Å²) in [5, 5.41) is 13.7. The fraction of sp³-hybridized carbons (Fsp3) is 0.650. The second kappa shape index (κ2) is 6.07. The van der Waals surface area contributed by atoms with Gasteiger partial charge in [0.25, 0.3) is 0 Å². The molecule has 4 rings (SSSR count). The van der Waals surface area contributed by atoms with E-state index in [-0.39, 0.29) is 11.9 Å². The van der Waals surface area contributed by atoms with Crippen LogP contribution in [0.25, 0.3) is 0 Å². The van der Waals surface area contributed by atoms with Crippen molar-refractivity contribution in [3.05, 3.63) is 23.3 Å². The fourth-order valence-corrected chi connectivity index (χ4v) is 4.53. The van der Waals surface area contributed by atoms with E-state index in [4.69, 9.17) is 9.73 Å². The van der Waals surface area contributed by atoms with E-state index in [1.807, 2.05) is 13.1 Å². The molecule has 1 aromatic carbocycles. The highest BCUT2D eigenvalue weighted by Crippen LogP contribution is 2.53. The number of aliphatic imine (C=N–C) groups is 1. The fourth-order valence-electron chi connectivity index (χ4n) is 4.53. The number of phenols is 1. The van der Waals surface area contributed by atoms with Crippen LogP contribution in [0.3, 0.4) is 0 Å². The van der Waals surface area contributed by atoms with Gasteiger partial charge >= 0.3 is 0 Å². The molecule has 1 aliphatic heterocycles. The Morgan fingerprint density at radius 2 is 2.08 bits per heavy atom. The van der Waals surface area contributed by atoms with Crippen LogP contribution in [0.15, 0.2) is 17.1 Å². The first kappa shape index (κ1) is 15.9. The molecular formula is C20H28N2O2. The van der Waals surface area contributed by atoms with Crippen LogP contribution in [-0.2, 0) is 0 Å². The lowest BCUT2D eigenvalue weighted by molar-refractivity contribution is 0.108. The molecule has 1 heterocycles. The number of phenolic OH excluding ortho intramolecular Hbond substituents is 1. The third kappa shape index (κ3) is 2.61. The smallest absolute Gasteiger partial charge is 0.165 e. The Kier molecular flexibility index (Phi) is 4.03. The predicted octanol–water partition coefficient (Wildman–Crippen LogP) is 3.41. The summed E-state index contributed by atoms with van der Waals surface area (Å²) in [6, 6.07) is 4.09. The maximum Gasteiger partial charge on any atom is 0.165 e. The Balaban J connectivity index is 1.71. The highest BCUT2D eigenvalue weighted by molar-refractivity contribution is 5.86. The lowest BCUT2D eigenvalue weighted by atomic mass is 9.70. The van der Waals surface area contributed by atoms with Gasteiger partial charge in [0.1, 0.15) is 6.10 Å². The van der Waals surface area contributed by atoms with Crippen molar-refractivity contribution in [3.8, 4) is 11.5 Å². The number of nitrogens with one attached hydrogen (secondary N) is 1. The van der Waals surface area contributed by atoms with Gasteiger partial charge in [-0.15, -0.1) is 0 Å². The summed E-state index contributed by atoms with van der Waals surface area (Å²) in [5.74, 6) is 2.50.